The van der Waals surface area contributed by atoms with E-state index in [-0.39, 0.29) is 12.1 Å². The van der Waals surface area contributed by atoms with Crippen LogP contribution in [0.15, 0.2) is 0 Å². The summed E-state index contributed by atoms with van der Waals surface area (Å²) in [5.41, 5.74) is -0.0424. The molecule has 0 aliphatic heterocycles. The summed E-state index contributed by atoms with van der Waals surface area (Å²) < 4.78 is 5.69. The normalized spacial score (nSPS) is 36.8. The van der Waals surface area contributed by atoms with Crippen molar-refractivity contribution >= 4 is 0 Å². The molecule has 15 heavy (non-hydrogen) atoms. The molecule has 3 heteroatoms. The van der Waals surface area contributed by atoms with Gasteiger partial charge in [-0.25, -0.2) is 0 Å². The summed E-state index contributed by atoms with van der Waals surface area (Å²) in [7, 11) is 0. The van der Waals surface area contributed by atoms with Gasteiger partial charge in [0.15, 0.2) is 0 Å². The van der Waals surface area contributed by atoms with Gasteiger partial charge in [-0.15, -0.1) is 0 Å². The zero-order chi connectivity index (χ0) is 10.7. The summed E-state index contributed by atoms with van der Waals surface area (Å²) in [4.78, 5) is 0. The highest BCUT2D eigenvalue weighted by Gasteiger charge is 2.39. The van der Waals surface area contributed by atoms with Crippen molar-refractivity contribution in [2.75, 3.05) is 13.2 Å². The Hall–Kier alpha value is -0.120. The first-order valence-electron chi connectivity index (χ1n) is 6.28. The molecule has 0 aromatic heterocycles. The number of hydrogen-bond donors (Lipinski definition) is 2. The fraction of sp³-hybridized carbons (Fsp3) is 1.00. The van der Waals surface area contributed by atoms with Crippen LogP contribution in [0.5, 0.6) is 0 Å². The third-order valence-corrected chi connectivity index (χ3v) is 3.59. The molecular formula is C12H23NO2. The molecule has 2 aliphatic carbocycles. The Bertz CT molecular complexity index is 204. The monoisotopic (exact) mass is 213 g/mol. The van der Waals surface area contributed by atoms with E-state index in [0.717, 1.165) is 25.9 Å². The van der Waals surface area contributed by atoms with Gasteiger partial charge in [0.25, 0.3) is 0 Å². The number of ether oxygens (including phenoxy) is 1. The molecule has 0 spiro atoms. The second-order valence-electron chi connectivity index (χ2n) is 5.03. The van der Waals surface area contributed by atoms with E-state index in [1.807, 2.05) is 6.92 Å². The van der Waals surface area contributed by atoms with Crippen molar-refractivity contribution in [2.24, 2.45) is 0 Å². The Morgan fingerprint density at radius 2 is 2.20 bits per heavy atom. The summed E-state index contributed by atoms with van der Waals surface area (Å²) in [5.74, 6) is 0. The lowest BCUT2D eigenvalue weighted by atomic mass is 9.80. The van der Waals surface area contributed by atoms with Gasteiger partial charge < -0.3 is 15.2 Å². The van der Waals surface area contributed by atoms with Gasteiger partial charge in [-0.2, -0.15) is 0 Å². The van der Waals surface area contributed by atoms with E-state index in [4.69, 9.17) is 4.74 Å². The zero-order valence-corrected chi connectivity index (χ0v) is 9.67. The van der Waals surface area contributed by atoms with E-state index in [9.17, 15) is 5.11 Å². The highest BCUT2D eigenvalue weighted by atomic mass is 16.5. The van der Waals surface area contributed by atoms with Crippen LogP contribution in [-0.4, -0.2) is 36.0 Å². The van der Waals surface area contributed by atoms with Crippen LogP contribution in [0.4, 0.5) is 0 Å². The molecule has 0 heterocycles. The Morgan fingerprint density at radius 1 is 1.40 bits per heavy atom. The first-order valence-corrected chi connectivity index (χ1v) is 6.28. The molecule has 0 bridgehead atoms. The van der Waals surface area contributed by atoms with E-state index in [1.165, 1.54) is 19.3 Å². The molecule has 2 rings (SSSR count). The predicted molar refractivity (Wildman–Crippen MR) is 59.9 cm³/mol. The van der Waals surface area contributed by atoms with Gasteiger partial charge in [-0.05, 0) is 45.4 Å². The molecule has 2 unspecified atom stereocenters. The van der Waals surface area contributed by atoms with Gasteiger partial charge in [0, 0.05) is 18.2 Å². The second-order valence-corrected chi connectivity index (χ2v) is 5.03. The maximum Gasteiger partial charge on any atom is 0.0614 e. The average molecular weight is 213 g/mol. The molecule has 0 aromatic rings. The van der Waals surface area contributed by atoms with Crippen molar-refractivity contribution < 1.29 is 9.84 Å². The van der Waals surface area contributed by atoms with Gasteiger partial charge in [0.05, 0.1) is 12.7 Å². The number of nitrogens with one attached hydrogen (secondary N) is 1. The van der Waals surface area contributed by atoms with E-state index in [2.05, 4.69) is 5.32 Å². The van der Waals surface area contributed by atoms with Crippen LogP contribution in [0.25, 0.3) is 0 Å². The summed E-state index contributed by atoms with van der Waals surface area (Å²) in [5, 5.41) is 13.2. The minimum Gasteiger partial charge on any atom is -0.394 e. The molecule has 0 aromatic carbocycles. The molecular weight excluding hydrogens is 190 g/mol. The van der Waals surface area contributed by atoms with Crippen molar-refractivity contribution in [2.45, 2.75) is 63.1 Å². The first-order chi connectivity index (χ1) is 7.28. The number of aliphatic hydroxyl groups excluding tert-OH is 1. The molecule has 0 amide bonds. The van der Waals surface area contributed by atoms with Crippen molar-refractivity contribution in [3.8, 4) is 0 Å². The molecule has 88 valence electrons. The van der Waals surface area contributed by atoms with Gasteiger partial charge in [-0.1, -0.05) is 0 Å². The maximum absolute atomic E-state index is 9.59. The SMILES string of the molecule is CCOC1CCCC(CO)(NC2CC2)C1. The third-order valence-electron chi connectivity index (χ3n) is 3.59. The van der Waals surface area contributed by atoms with Crippen molar-refractivity contribution in [1.29, 1.82) is 0 Å². The van der Waals surface area contributed by atoms with Crippen LogP contribution in [0.1, 0.15) is 45.4 Å². The van der Waals surface area contributed by atoms with E-state index >= 15 is 0 Å². The average Bonchev–Trinajstić information content (AvgIpc) is 3.03. The molecule has 0 radical (unpaired) electrons. The lowest BCUT2D eigenvalue weighted by Gasteiger charge is -2.40. The third kappa shape index (κ3) is 2.92. The Morgan fingerprint density at radius 3 is 2.80 bits per heavy atom. The summed E-state index contributed by atoms with van der Waals surface area (Å²) >= 11 is 0. The molecule has 2 saturated carbocycles. The van der Waals surface area contributed by atoms with Crippen molar-refractivity contribution in [1.82, 2.24) is 5.32 Å². The van der Waals surface area contributed by atoms with E-state index < -0.39 is 0 Å². The minimum atomic E-state index is -0.0424. The molecule has 2 aliphatic rings. The lowest BCUT2D eigenvalue weighted by Crippen LogP contribution is -2.54. The summed E-state index contributed by atoms with van der Waals surface area (Å²) in [6, 6.07) is 0.664. The Balaban J connectivity index is 1.90. The van der Waals surface area contributed by atoms with Gasteiger partial charge in [-0.3, -0.25) is 0 Å². The minimum absolute atomic E-state index is 0.0424. The predicted octanol–water partition coefficient (Wildman–Crippen LogP) is 1.45. The first kappa shape index (κ1) is 11.4. The van der Waals surface area contributed by atoms with Crippen LogP contribution >= 0.6 is 0 Å². The van der Waals surface area contributed by atoms with Crippen LogP contribution in [-0.2, 0) is 4.74 Å². The summed E-state index contributed by atoms with van der Waals surface area (Å²) in [6.07, 6.45) is 7.31. The lowest BCUT2D eigenvalue weighted by molar-refractivity contribution is -0.0112. The van der Waals surface area contributed by atoms with Gasteiger partial charge >= 0.3 is 0 Å². The fourth-order valence-electron chi connectivity index (χ4n) is 2.67. The highest BCUT2D eigenvalue weighted by Crippen LogP contribution is 2.33. The largest absolute Gasteiger partial charge is 0.394 e. The molecule has 2 atom stereocenters. The van der Waals surface area contributed by atoms with Crippen molar-refractivity contribution in [3.05, 3.63) is 0 Å². The maximum atomic E-state index is 9.59. The molecule has 3 nitrogen and oxygen atoms in total. The topological polar surface area (TPSA) is 41.5 Å². The smallest absolute Gasteiger partial charge is 0.0614 e. The molecule has 0 saturated heterocycles. The number of aliphatic hydroxyl groups is 1. The van der Waals surface area contributed by atoms with E-state index in [0.29, 0.717) is 12.1 Å². The fourth-order valence-corrected chi connectivity index (χ4v) is 2.67. The molecule has 2 N–H and O–H groups in total. The zero-order valence-electron chi connectivity index (χ0n) is 9.67. The van der Waals surface area contributed by atoms with Crippen molar-refractivity contribution in [3.63, 3.8) is 0 Å². The summed E-state index contributed by atoms with van der Waals surface area (Å²) in [6.45, 7) is 3.09. The standard InChI is InChI=1S/C12H23NO2/c1-2-15-11-4-3-7-12(8-11,9-14)13-10-5-6-10/h10-11,13-14H,2-9H2,1H3. The van der Waals surface area contributed by atoms with Crippen LogP contribution in [0, 0.1) is 0 Å². The quantitative estimate of drug-likeness (QED) is 0.726. The Labute approximate surface area is 92.2 Å². The molecule has 2 fully saturated rings. The van der Waals surface area contributed by atoms with E-state index in [1.54, 1.807) is 0 Å². The van der Waals surface area contributed by atoms with Gasteiger partial charge in [0.2, 0.25) is 0 Å². The number of rotatable bonds is 5. The van der Waals surface area contributed by atoms with Crippen LogP contribution in [0.2, 0.25) is 0 Å². The second kappa shape index (κ2) is 4.81. The van der Waals surface area contributed by atoms with Crippen LogP contribution in [0.3, 0.4) is 0 Å². The Kier molecular flexibility index (Phi) is 3.65. The highest BCUT2D eigenvalue weighted by molar-refractivity contribution is 4.99. The van der Waals surface area contributed by atoms with Crippen LogP contribution < -0.4 is 5.32 Å². The van der Waals surface area contributed by atoms with Gasteiger partial charge in [0.1, 0.15) is 0 Å². The number of hydrogen-bond acceptors (Lipinski definition) is 3.